The van der Waals surface area contributed by atoms with Crippen LogP contribution in [0.1, 0.15) is 10.4 Å². The lowest BCUT2D eigenvalue weighted by atomic mass is 10.3. The molecule has 0 aromatic carbocycles. The normalized spacial score (nSPS) is 9.30. The average Bonchev–Trinajstić information content (AvgIpc) is 2.34. The van der Waals surface area contributed by atoms with E-state index in [2.05, 4.69) is 10.3 Å². The first-order chi connectivity index (χ1) is 4.74. The van der Waals surface area contributed by atoms with Crippen molar-refractivity contribution in [1.29, 1.82) is 0 Å². The summed E-state index contributed by atoms with van der Waals surface area (Å²) in [7, 11) is 1.76. The van der Waals surface area contributed by atoms with Crippen molar-refractivity contribution in [3.05, 3.63) is 17.8 Å². The number of aromatic amines is 1. The second kappa shape index (κ2) is 2.43. The van der Waals surface area contributed by atoms with Crippen LogP contribution in [-0.4, -0.2) is 17.9 Å². The first kappa shape index (κ1) is 6.67. The minimum Gasteiger partial charge on any atom is -0.375 e. The van der Waals surface area contributed by atoms with Gasteiger partial charge in [-0.1, -0.05) is 0 Å². The Balaban J connectivity index is 2.88. The summed E-state index contributed by atoms with van der Waals surface area (Å²) in [5.74, 6) is 0.367. The van der Waals surface area contributed by atoms with E-state index in [-0.39, 0.29) is 0 Å². The van der Waals surface area contributed by atoms with Gasteiger partial charge in [0, 0.05) is 13.2 Å². The Morgan fingerprint density at radius 3 is 2.80 bits per heavy atom. The third kappa shape index (κ3) is 1.10. The third-order valence-corrected chi connectivity index (χ3v) is 1.24. The third-order valence-electron chi connectivity index (χ3n) is 1.24. The van der Waals surface area contributed by atoms with Crippen LogP contribution in [0.4, 0.5) is 5.82 Å². The van der Waals surface area contributed by atoms with Crippen LogP contribution in [0.15, 0.2) is 12.3 Å². The number of H-pyrrole nitrogens is 1. The fourth-order valence-corrected chi connectivity index (χ4v) is 0.681. The van der Waals surface area contributed by atoms with Gasteiger partial charge in [-0.15, -0.1) is 0 Å². The number of amides is 1. The molecule has 0 saturated heterocycles. The van der Waals surface area contributed by atoms with Crippen LogP contribution in [-0.2, 0) is 0 Å². The Labute approximate surface area is 58.4 Å². The second-order valence-corrected chi connectivity index (χ2v) is 1.92. The van der Waals surface area contributed by atoms with Crippen molar-refractivity contribution in [2.45, 2.75) is 0 Å². The fraction of sp³-hybridized carbons (Fsp3) is 0.167. The van der Waals surface area contributed by atoms with E-state index in [1.165, 1.54) is 0 Å². The monoisotopic (exact) mass is 139 g/mol. The van der Waals surface area contributed by atoms with Gasteiger partial charge in [0.05, 0.1) is 5.56 Å². The van der Waals surface area contributed by atoms with Crippen molar-refractivity contribution in [2.24, 2.45) is 5.73 Å². The van der Waals surface area contributed by atoms with Gasteiger partial charge in [0.1, 0.15) is 5.82 Å². The van der Waals surface area contributed by atoms with Crippen LogP contribution in [0, 0.1) is 0 Å². The summed E-state index contributed by atoms with van der Waals surface area (Å²) in [5, 5.41) is 2.84. The van der Waals surface area contributed by atoms with E-state index in [4.69, 9.17) is 5.73 Å². The molecule has 1 aromatic rings. The summed E-state index contributed by atoms with van der Waals surface area (Å²) in [6.07, 6.45) is 1.56. The van der Waals surface area contributed by atoms with Gasteiger partial charge in [0.15, 0.2) is 0 Å². The summed E-state index contributed by atoms with van der Waals surface area (Å²) in [4.78, 5) is 13.3. The van der Waals surface area contributed by atoms with Gasteiger partial charge >= 0.3 is 0 Å². The number of hydrogen-bond donors (Lipinski definition) is 3. The first-order valence-corrected chi connectivity index (χ1v) is 2.90. The number of hydrogen-bond acceptors (Lipinski definition) is 2. The molecule has 0 saturated carbocycles. The molecule has 10 heavy (non-hydrogen) atoms. The summed E-state index contributed by atoms with van der Waals surface area (Å²) < 4.78 is 0. The molecule has 1 amide bonds. The van der Waals surface area contributed by atoms with Gasteiger partial charge in [0.25, 0.3) is 0 Å². The molecule has 54 valence electrons. The molecular formula is C6H9N3O. The molecule has 0 radical (unpaired) electrons. The van der Waals surface area contributed by atoms with E-state index in [0.29, 0.717) is 5.56 Å². The maximum Gasteiger partial charge on any atom is 0.250 e. The van der Waals surface area contributed by atoms with Gasteiger partial charge in [-0.05, 0) is 6.07 Å². The Morgan fingerprint density at radius 2 is 2.50 bits per heavy atom. The van der Waals surface area contributed by atoms with E-state index in [9.17, 15) is 4.79 Å². The lowest BCUT2D eigenvalue weighted by Gasteiger charge is -1.88. The van der Waals surface area contributed by atoms with Gasteiger partial charge in [-0.3, -0.25) is 4.79 Å². The van der Waals surface area contributed by atoms with E-state index in [1.807, 2.05) is 0 Å². The van der Waals surface area contributed by atoms with Crippen molar-refractivity contribution in [1.82, 2.24) is 4.98 Å². The number of nitrogens with one attached hydrogen (secondary N) is 2. The summed E-state index contributed by atoms with van der Waals surface area (Å²) in [5.41, 5.74) is 5.49. The van der Waals surface area contributed by atoms with Crippen LogP contribution in [0.25, 0.3) is 0 Å². The van der Waals surface area contributed by atoms with Crippen molar-refractivity contribution in [3.8, 4) is 0 Å². The highest BCUT2D eigenvalue weighted by Crippen LogP contribution is 2.05. The van der Waals surface area contributed by atoms with Crippen LogP contribution in [0.5, 0.6) is 0 Å². The molecule has 4 N–H and O–H groups in total. The predicted molar refractivity (Wildman–Crippen MR) is 38.9 cm³/mol. The molecule has 0 fully saturated rings. The number of rotatable bonds is 2. The lowest BCUT2D eigenvalue weighted by molar-refractivity contribution is 0.100. The maximum atomic E-state index is 10.5. The van der Waals surface area contributed by atoms with Gasteiger partial charge < -0.3 is 16.0 Å². The lowest BCUT2D eigenvalue weighted by Crippen LogP contribution is -2.09. The number of carbonyl (C=O) groups is 1. The molecule has 0 aliphatic heterocycles. The predicted octanol–water partition coefficient (Wildman–Crippen LogP) is 0.155. The molecular weight excluding hydrogens is 130 g/mol. The molecule has 0 unspecified atom stereocenters. The summed E-state index contributed by atoms with van der Waals surface area (Å²) in [6, 6.07) is 1.66. The fourth-order valence-electron chi connectivity index (χ4n) is 0.681. The standard InChI is InChI=1S/C6H9N3O/c1-8-5-2-4(3-9-5)6(7)10/h2-3,8-9H,1H3,(H2,7,10). The molecule has 1 rings (SSSR count). The second-order valence-electron chi connectivity index (χ2n) is 1.92. The summed E-state index contributed by atoms with van der Waals surface area (Å²) >= 11 is 0. The highest BCUT2D eigenvalue weighted by atomic mass is 16.1. The Hall–Kier alpha value is -1.45. The van der Waals surface area contributed by atoms with Gasteiger partial charge in [-0.25, -0.2) is 0 Å². The zero-order valence-corrected chi connectivity index (χ0v) is 5.64. The van der Waals surface area contributed by atoms with E-state index in [1.54, 1.807) is 19.3 Å². The van der Waals surface area contributed by atoms with Crippen molar-refractivity contribution >= 4 is 11.7 Å². The molecule has 0 aliphatic rings. The van der Waals surface area contributed by atoms with Crippen molar-refractivity contribution in [2.75, 3.05) is 12.4 Å². The van der Waals surface area contributed by atoms with Gasteiger partial charge in [0.2, 0.25) is 5.91 Å². The maximum absolute atomic E-state index is 10.5. The van der Waals surface area contributed by atoms with Crippen LogP contribution < -0.4 is 11.1 Å². The van der Waals surface area contributed by atoms with Crippen LogP contribution in [0.3, 0.4) is 0 Å². The zero-order chi connectivity index (χ0) is 7.56. The number of primary amides is 1. The molecule has 4 nitrogen and oxygen atoms in total. The quantitative estimate of drug-likeness (QED) is 0.546. The first-order valence-electron chi connectivity index (χ1n) is 2.90. The van der Waals surface area contributed by atoms with Crippen LogP contribution >= 0.6 is 0 Å². The topological polar surface area (TPSA) is 70.9 Å². The number of carbonyl (C=O) groups excluding carboxylic acids is 1. The van der Waals surface area contributed by atoms with Crippen molar-refractivity contribution in [3.63, 3.8) is 0 Å². The smallest absolute Gasteiger partial charge is 0.250 e. The number of aromatic nitrogens is 1. The molecule has 0 bridgehead atoms. The zero-order valence-electron chi connectivity index (χ0n) is 5.64. The average molecular weight is 139 g/mol. The molecule has 0 spiro atoms. The van der Waals surface area contributed by atoms with E-state index >= 15 is 0 Å². The Kier molecular flexibility index (Phi) is 1.62. The Morgan fingerprint density at radius 1 is 1.80 bits per heavy atom. The minimum atomic E-state index is -0.419. The Bertz CT molecular complexity index is 241. The highest BCUT2D eigenvalue weighted by molar-refractivity contribution is 5.93. The molecule has 1 heterocycles. The van der Waals surface area contributed by atoms with E-state index in [0.717, 1.165) is 5.82 Å². The summed E-state index contributed by atoms with van der Waals surface area (Å²) in [6.45, 7) is 0. The van der Waals surface area contributed by atoms with Gasteiger partial charge in [-0.2, -0.15) is 0 Å². The largest absolute Gasteiger partial charge is 0.375 e. The number of anilines is 1. The molecule has 1 aromatic heterocycles. The SMILES string of the molecule is CNc1cc(C(N)=O)c[nH]1. The minimum absolute atomic E-state index is 0.419. The number of nitrogens with two attached hydrogens (primary N) is 1. The molecule has 0 atom stereocenters. The highest BCUT2D eigenvalue weighted by Gasteiger charge is 2.00. The van der Waals surface area contributed by atoms with Crippen LogP contribution in [0.2, 0.25) is 0 Å². The molecule has 4 heteroatoms. The van der Waals surface area contributed by atoms with E-state index < -0.39 is 5.91 Å². The molecule has 0 aliphatic carbocycles. The van der Waals surface area contributed by atoms with Crippen molar-refractivity contribution < 1.29 is 4.79 Å².